The average Bonchev–Trinajstić information content (AvgIpc) is 2.46. The molecule has 0 heterocycles. The van der Waals surface area contributed by atoms with Gasteiger partial charge in [0.15, 0.2) is 0 Å². The van der Waals surface area contributed by atoms with Gasteiger partial charge in [0, 0.05) is 11.6 Å². The Morgan fingerprint density at radius 1 is 1.18 bits per heavy atom. The van der Waals surface area contributed by atoms with Crippen LogP contribution >= 0.6 is 11.6 Å². The van der Waals surface area contributed by atoms with Crippen LogP contribution in [0.3, 0.4) is 0 Å². The summed E-state index contributed by atoms with van der Waals surface area (Å²) >= 11 is 6.01. The molecule has 2 aromatic carbocycles. The van der Waals surface area contributed by atoms with Crippen molar-refractivity contribution in [3.63, 3.8) is 0 Å². The van der Waals surface area contributed by atoms with Crippen molar-refractivity contribution in [3.8, 4) is 17.2 Å². The van der Waals surface area contributed by atoms with Crippen molar-refractivity contribution >= 4 is 29.2 Å². The van der Waals surface area contributed by atoms with E-state index in [1.165, 1.54) is 31.4 Å². The third kappa shape index (κ3) is 3.32. The zero-order valence-corrected chi connectivity index (χ0v) is 12.3. The van der Waals surface area contributed by atoms with Gasteiger partial charge in [-0.15, -0.1) is 0 Å². The molecule has 2 rings (SSSR count). The second-order valence-corrected chi connectivity index (χ2v) is 4.86. The smallest absolute Gasteiger partial charge is 0.336 e. The highest BCUT2D eigenvalue weighted by Crippen LogP contribution is 2.31. The molecule has 0 spiro atoms. The number of phenols is 2. The number of ether oxygens (including phenoxy) is 1. The number of methoxy groups -OCH3 is 1. The van der Waals surface area contributed by atoms with Crippen molar-refractivity contribution in [2.45, 2.75) is 0 Å². The zero-order valence-electron chi connectivity index (χ0n) is 11.6. The Morgan fingerprint density at radius 2 is 1.91 bits per heavy atom. The van der Waals surface area contributed by atoms with Gasteiger partial charge in [0.1, 0.15) is 17.2 Å². The summed E-state index contributed by atoms with van der Waals surface area (Å²) in [5.74, 6) is -1.08. The molecule has 22 heavy (non-hydrogen) atoms. The maximum absolute atomic E-state index is 11.5. The predicted octanol–water partition coefficient (Wildman–Crippen LogP) is 3.39. The maximum atomic E-state index is 11.5. The molecule has 0 aliphatic heterocycles. The fourth-order valence-electron chi connectivity index (χ4n) is 1.91. The molecular formula is C16H13ClO5. The SMILES string of the molecule is COc1ccc(/C(=C/c2ccc(O)cc2O)C(=O)O)cc1Cl. The number of carboxylic acid groups (broad SMARTS) is 1. The minimum Gasteiger partial charge on any atom is -0.508 e. The topological polar surface area (TPSA) is 87.0 Å². The Kier molecular flexibility index (Phi) is 4.58. The predicted molar refractivity (Wildman–Crippen MR) is 83.3 cm³/mol. The van der Waals surface area contributed by atoms with Gasteiger partial charge >= 0.3 is 5.97 Å². The van der Waals surface area contributed by atoms with Crippen LogP contribution in [-0.2, 0) is 4.79 Å². The lowest BCUT2D eigenvalue weighted by atomic mass is 10.0. The Balaban J connectivity index is 2.52. The molecule has 2 aromatic rings. The van der Waals surface area contributed by atoms with E-state index in [4.69, 9.17) is 16.3 Å². The molecule has 0 amide bonds. The number of halogens is 1. The van der Waals surface area contributed by atoms with Crippen LogP contribution in [0.25, 0.3) is 11.6 Å². The average molecular weight is 321 g/mol. The summed E-state index contributed by atoms with van der Waals surface area (Å²) in [6, 6.07) is 8.49. The van der Waals surface area contributed by atoms with Crippen molar-refractivity contribution in [1.29, 1.82) is 0 Å². The van der Waals surface area contributed by atoms with Crippen molar-refractivity contribution in [2.75, 3.05) is 7.11 Å². The van der Waals surface area contributed by atoms with Gasteiger partial charge in [0.2, 0.25) is 0 Å². The number of phenolic OH excluding ortho intramolecular Hbond substituents is 2. The van der Waals surface area contributed by atoms with E-state index in [1.54, 1.807) is 12.1 Å². The lowest BCUT2D eigenvalue weighted by Crippen LogP contribution is -2.00. The Labute approximate surface area is 131 Å². The highest BCUT2D eigenvalue weighted by atomic mass is 35.5. The van der Waals surface area contributed by atoms with Crippen LogP contribution in [0.2, 0.25) is 5.02 Å². The number of aliphatic carboxylic acids is 1. The Hall–Kier alpha value is -2.66. The molecule has 0 aliphatic rings. The third-order valence-corrected chi connectivity index (χ3v) is 3.30. The number of carboxylic acids is 1. The molecule has 5 nitrogen and oxygen atoms in total. The van der Waals surface area contributed by atoms with Crippen LogP contribution in [0.1, 0.15) is 11.1 Å². The fraction of sp³-hybridized carbons (Fsp3) is 0.0625. The molecule has 0 aromatic heterocycles. The van der Waals surface area contributed by atoms with Gasteiger partial charge in [-0.05, 0) is 35.9 Å². The van der Waals surface area contributed by atoms with E-state index in [2.05, 4.69) is 0 Å². The number of carbonyl (C=O) groups is 1. The van der Waals surface area contributed by atoms with Gasteiger partial charge in [0.05, 0.1) is 17.7 Å². The van der Waals surface area contributed by atoms with Gasteiger partial charge in [-0.3, -0.25) is 0 Å². The van der Waals surface area contributed by atoms with Crippen LogP contribution in [0.5, 0.6) is 17.2 Å². The quantitative estimate of drug-likeness (QED) is 0.594. The summed E-state index contributed by atoms with van der Waals surface area (Å²) < 4.78 is 5.02. The first-order valence-electron chi connectivity index (χ1n) is 6.23. The zero-order chi connectivity index (χ0) is 16.3. The first-order chi connectivity index (χ1) is 10.4. The van der Waals surface area contributed by atoms with Crippen molar-refractivity contribution in [3.05, 3.63) is 52.5 Å². The van der Waals surface area contributed by atoms with Gasteiger partial charge in [-0.2, -0.15) is 0 Å². The standard InChI is InChI=1S/C16H13ClO5/c1-22-15-5-3-9(7-13(15)17)12(16(20)21)6-10-2-4-11(18)8-14(10)19/h2-8,18-19H,1H3,(H,20,21)/b12-6-. The van der Waals surface area contributed by atoms with Gasteiger partial charge in [-0.25, -0.2) is 4.79 Å². The molecule has 0 saturated heterocycles. The molecule has 0 atom stereocenters. The lowest BCUT2D eigenvalue weighted by Gasteiger charge is -2.08. The van der Waals surface area contributed by atoms with Crippen molar-refractivity contribution in [1.82, 2.24) is 0 Å². The first-order valence-corrected chi connectivity index (χ1v) is 6.61. The van der Waals surface area contributed by atoms with Gasteiger partial charge in [-0.1, -0.05) is 17.7 Å². The largest absolute Gasteiger partial charge is 0.508 e. The second-order valence-electron chi connectivity index (χ2n) is 4.46. The third-order valence-electron chi connectivity index (χ3n) is 3.01. The summed E-state index contributed by atoms with van der Waals surface area (Å²) in [6.45, 7) is 0. The molecule has 0 bridgehead atoms. The number of aromatic hydroxyl groups is 2. The highest BCUT2D eigenvalue weighted by molar-refractivity contribution is 6.32. The number of rotatable bonds is 4. The molecule has 0 aliphatic carbocycles. The molecular weight excluding hydrogens is 308 g/mol. The summed E-state index contributed by atoms with van der Waals surface area (Å²) in [5.41, 5.74) is 0.582. The van der Waals surface area contributed by atoms with E-state index in [-0.39, 0.29) is 27.7 Å². The first kappa shape index (κ1) is 15.7. The van der Waals surface area contributed by atoms with E-state index < -0.39 is 5.97 Å². The molecule has 0 saturated carbocycles. The normalized spacial score (nSPS) is 11.3. The molecule has 6 heteroatoms. The van der Waals surface area contributed by atoms with Crippen LogP contribution in [0.15, 0.2) is 36.4 Å². The fourth-order valence-corrected chi connectivity index (χ4v) is 2.17. The molecule has 0 fully saturated rings. The minimum absolute atomic E-state index is 0.0504. The summed E-state index contributed by atoms with van der Waals surface area (Å²) in [5, 5.41) is 28.7. The number of benzene rings is 2. The summed E-state index contributed by atoms with van der Waals surface area (Å²) in [4.78, 5) is 11.5. The van der Waals surface area contributed by atoms with Gasteiger partial charge in [0.25, 0.3) is 0 Å². The lowest BCUT2D eigenvalue weighted by molar-refractivity contribution is -0.130. The molecule has 114 valence electrons. The van der Waals surface area contributed by atoms with Crippen molar-refractivity contribution < 1.29 is 24.9 Å². The second kappa shape index (κ2) is 6.41. The van der Waals surface area contributed by atoms with Crippen LogP contribution in [0.4, 0.5) is 0 Å². The summed E-state index contributed by atoms with van der Waals surface area (Å²) in [7, 11) is 1.46. The summed E-state index contributed by atoms with van der Waals surface area (Å²) in [6.07, 6.45) is 1.30. The molecule has 0 unspecified atom stereocenters. The van der Waals surface area contributed by atoms with Gasteiger partial charge < -0.3 is 20.1 Å². The Bertz CT molecular complexity index is 752. The Morgan fingerprint density at radius 3 is 2.45 bits per heavy atom. The van der Waals surface area contributed by atoms with Crippen LogP contribution in [-0.4, -0.2) is 28.4 Å². The number of hydrogen-bond acceptors (Lipinski definition) is 4. The van der Waals surface area contributed by atoms with E-state index in [1.807, 2.05) is 0 Å². The molecule has 3 N–H and O–H groups in total. The molecule has 0 radical (unpaired) electrons. The van der Waals surface area contributed by atoms with E-state index >= 15 is 0 Å². The van der Waals surface area contributed by atoms with Crippen molar-refractivity contribution in [2.24, 2.45) is 0 Å². The van der Waals surface area contributed by atoms with E-state index in [9.17, 15) is 20.1 Å². The highest BCUT2D eigenvalue weighted by Gasteiger charge is 2.14. The van der Waals surface area contributed by atoms with Crippen LogP contribution < -0.4 is 4.74 Å². The number of hydrogen-bond donors (Lipinski definition) is 3. The monoisotopic (exact) mass is 320 g/mol. The van der Waals surface area contributed by atoms with Crippen LogP contribution in [0, 0.1) is 0 Å². The maximum Gasteiger partial charge on any atom is 0.336 e. The van der Waals surface area contributed by atoms with E-state index in [0.717, 1.165) is 6.07 Å². The minimum atomic E-state index is -1.17. The van der Waals surface area contributed by atoms with E-state index in [0.29, 0.717) is 11.3 Å².